The second kappa shape index (κ2) is 6.08. The summed E-state index contributed by atoms with van der Waals surface area (Å²) >= 11 is 0. The minimum Gasteiger partial charge on any atom is -0.203 e. The molecule has 0 aliphatic rings. The van der Waals surface area contributed by atoms with Gasteiger partial charge < -0.3 is 0 Å². The van der Waals surface area contributed by atoms with E-state index in [1.807, 2.05) is 0 Å². The third-order valence-electron chi connectivity index (χ3n) is 5.30. The lowest BCUT2D eigenvalue weighted by Crippen LogP contribution is -2.08. The van der Waals surface area contributed by atoms with Gasteiger partial charge in [0.2, 0.25) is 0 Å². The first-order valence-electron chi connectivity index (χ1n) is 8.27. The van der Waals surface area contributed by atoms with Gasteiger partial charge in [-0.05, 0) is 0 Å². The van der Waals surface area contributed by atoms with Gasteiger partial charge in [0.15, 0.2) is 69.8 Å². The molecule has 0 spiro atoms. The van der Waals surface area contributed by atoms with Gasteiger partial charge in [-0.2, -0.15) is 0 Å². The molecule has 164 valence electrons. The van der Waals surface area contributed by atoms with Crippen LogP contribution in [0.3, 0.4) is 0 Å². The zero-order chi connectivity index (χ0) is 23.5. The maximum Gasteiger partial charge on any atom is 0.195 e. The molecule has 0 aliphatic carbocycles. The highest BCUT2D eigenvalue weighted by atomic mass is 19.2. The van der Waals surface area contributed by atoms with E-state index in [-0.39, 0.29) is 0 Å². The lowest BCUT2D eigenvalue weighted by molar-refractivity contribution is 0.438. The van der Waals surface area contributed by atoms with E-state index in [1.54, 1.807) is 0 Å². The number of halogens is 12. The van der Waals surface area contributed by atoms with Gasteiger partial charge in [-0.3, -0.25) is 0 Å². The van der Waals surface area contributed by atoms with Crippen LogP contribution in [-0.2, 0) is 0 Å². The fourth-order valence-corrected chi connectivity index (χ4v) is 4.02. The van der Waals surface area contributed by atoms with Crippen molar-refractivity contribution in [1.82, 2.24) is 0 Å². The molecule has 0 unspecified atom stereocenters. The lowest BCUT2D eigenvalue weighted by Gasteiger charge is -2.19. The summed E-state index contributed by atoms with van der Waals surface area (Å²) in [6, 6.07) is 0. The zero-order valence-corrected chi connectivity index (χ0v) is 14.5. The molecule has 0 nitrogen and oxygen atoms in total. The Hall–Kier alpha value is -3.44. The van der Waals surface area contributed by atoms with E-state index in [0.717, 1.165) is 0 Å². The minimum absolute atomic E-state index is 1.54. The number of rotatable bonds is 0. The van der Waals surface area contributed by atoms with E-state index < -0.39 is 113 Å². The molecule has 5 aromatic rings. The van der Waals surface area contributed by atoms with Crippen molar-refractivity contribution in [2.45, 2.75) is 0 Å². The Morgan fingerprint density at radius 1 is 0.156 bits per heavy atom. The van der Waals surface area contributed by atoms with Crippen LogP contribution in [0.2, 0.25) is 0 Å². The Kier molecular flexibility index (Phi) is 3.89. The normalized spacial score (nSPS) is 12.4. The monoisotopic (exact) mass is 468 g/mol. The van der Waals surface area contributed by atoms with E-state index in [4.69, 9.17) is 0 Å². The molecular formula is C20F12. The van der Waals surface area contributed by atoms with E-state index in [2.05, 4.69) is 0 Å². The topological polar surface area (TPSA) is 0 Å². The van der Waals surface area contributed by atoms with Gasteiger partial charge >= 0.3 is 0 Å². The van der Waals surface area contributed by atoms with Crippen molar-refractivity contribution in [3.05, 3.63) is 69.8 Å². The molecule has 0 amide bonds. The highest BCUT2D eigenvalue weighted by molar-refractivity contribution is 6.33. The van der Waals surface area contributed by atoms with Crippen LogP contribution >= 0.6 is 0 Å². The van der Waals surface area contributed by atoms with E-state index in [1.165, 1.54) is 0 Å². The van der Waals surface area contributed by atoms with Crippen LogP contribution in [0.5, 0.6) is 0 Å². The predicted octanol–water partition coefficient (Wildman–Crippen LogP) is 7.41. The van der Waals surface area contributed by atoms with Crippen molar-refractivity contribution in [3.63, 3.8) is 0 Å². The zero-order valence-electron chi connectivity index (χ0n) is 14.5. The van der Waals surface area contributed by atoms with E-state index in [0.29, 0.717) is 0 Å². The summed E-state index contributed by atoms with van der Waals surface area (Å²) in [7, 11) is 0. The van der Waals surface area contributed by atoms with Crippen molar-refractivity contribution < 1.29 is 52.7 Å². The van der Waals surface area contributed by atoms with Crippen LogP contribution in [0.15, 0.2) is 0 Å². The first-order valence-corrected chi connectivity index (χ1v) is 8.27. The van der Waals surface area contributed by atoms with Gasteiger partial charge in [-0.15, -0.1) is 0 Å². The van der Waals surface area contributed by atoms with Gasteiger partial charge in [0.05, 0.1) is 10.8 Å². The first kappa shape index (κ1) is 20.5. The lowest BCUT2D eigenvalue weighted by atomic mass is 9.87. The summed E-state index contributed by atoms with van der Waals surface area (Å²) in [5.41, 5.74) is 0. The number of fused-ring (bicyclic) bond motifs is 2. The van der Waals surface area contributed by atoms with E-state index in [9.17, 15) is 52.7 Å². The summed E-state index contributed by atoms with van der Waals surface area (Å²) < 4.78 is 173. The molecule has 12 heteroatoms. The standard InChI is InChI=1S/C20F12/c21-9-3-1-4(10(22)18(30)14(26)7(1)13(25)17(9)29)6-2-5(3)11(23)19(31)15(27)8(2)16(28)20(32)12(6)24. The quantitative estimate of drug-likeness (QED) is 0.0962. The fourth-order valence-electron chi connectivity index (χ4n) is 4.02. The summed E-state index contributed by atoms with van der Waals surface area (Å²) in [6.07, 6.45) is 0. The Morgan fingerprint density at radius 2 is 0.312 bits per heavy atom. The molecule has 0 aromatic heterocycles. The molecule has 0 saturated heterocycles. The van der Waals surface area contributed by atoms with Crippen LogP contribution in [0.25, 0.3) is 43.1 Å². The van der Waals surface area contributed by atoms with Gasteiger partial charge in [0, 0.05) is 32.3 Å². The fraction of sp³-hybridized carbons (Fsp3) is 0. The minimum atomic E-state index is -2.56. The molecule has 5 rings (SSSR count). The van der Waals surface area contributed by atoms with Gasteiger partial charge in [0.1, 0.15) is 0 Å². The van der Waals surface area contributed by atoms with Crippen molar-refractivity contribution in [2.24, 2.45) is 0 Å². The predicted molar refractivity (Wildman–Crippen MR) is 87.1 cm³/mol. The van der Waals surface area contributed by atoms with Gasteiger partial charge in [0.25, 0.3) is 0 Å². The Bertz CT molecular complexity index is 1440. The molecule has 5 aromatic carbocycles. The third-order valence-corrected chi connectivity index (χ3v) is 5.30. The second-order valence-corrected chi connectivity index (χ2v) is 6.77. The first-order chi connectivity index (χ1) is 14.9. The Morgan fingerprint density at radius 3 is 0.500 bits per heavy atom. The smallest absolute Gasteiger partial charge is 0.195 e. The molecule has 0 heterocycles. The second-order valence-electron chi connectivity index (χ2n) is 6.77. The highest BCUT2D eigenvalue weighted by Gasteiger charge is 2.36. The Balaban J connectivity index is 2.44. The molecule has 0 fully saturated rings. The number of benzene rings is 5. The van der Waals surface area contributed by atoms with Crippen molar-refractivity contribution in [1.29, 1.82) is 0 Å². The van der Waals surface area contributed by atoms with Crippen LogP contribution < -0.4 is 0 Å². The van der Waals surface area contributed by atoms with Crippen LogP contribution in [0.4, 0.5) is 52.7 Å². The van der Waals surface area contributed by atoms with Crippen LogP contribution in [-0.4, -0.2) is 0 Å². The summed E-state index contributed by atoms with van der Waals surface area (Å²) in [5, 5.41) is -13.5. The van der Waals surface area contributed by atoms with E-state index >= 15 is 0 Å². The van der Waals surface area contributed by atoms with Gasteiger partial charge in [-0.1, -0.05) is 0 Å². The average Bonchev–Trinajstić information content (AvgIpc) is 2.76. The maximum absolute atomic E-state index is 14.7. The van der Waals surface area contributed by atoms with Crippen molar-refractivity contribution >= 4 is 43.1 Å². The van der Waals surface area contributed by atoms with Crippen LogP contribution in [0, 0.1) is 69.8 Å². The summed E-state index contributed by atoms with van der Waals surface area (Å²) in [6.45, 7) is 0. The number of hydrogen-bond acceptors (Lipinski definition) is 0. The molecule has 0 radical (unpaired) electrons. The molecule has 0 bridgehead atoms. The van der Waals surface area contributed by atoms with Gasteiger partial charge in [-0.25, -0.2) is 52.7 Å². The summed E-state index contributed by atoms with van der Waals surface area (Å²) in [5.74, 6) is -29.7. The van der Waals surface area contributed by atoms with Crippen molar-refractivity contribution in [3.8, 4) is 0 Å². The van der Waals surface area contributed by atoms with Crippen LogP contribution in [0.1, 0.15) is 0 Å². The molecule has 0 saturated carbocycles. The maximum atomic E-state index is 14.7. The SMILES string of the molecule is Fc1c(F)c2c(F)c(F)c(F)c3c4c(F)c(F)c(F)c5c(F)c(F)c(F)c(c(c1F)c23)c54. The number of hydrogen-bond donors (Lipinski definition) is 0. The molecule has 0 aliphatic heterocycles. The molecule has 0 atom stereocenters. The Labute approximate surface area is 166 Å². The average molecular weight is 468 g/mol. The summed E-state index contributed by atoms with van der Waals surface area (Å²) in [4.78, 5) is 0. The van der Waals surface area contributed by atoms with Crippen molar-refractivity contribution in [2.75, 3.05) is 0 Å². The molecule has 0 N–H and O–H groups in total. The highest BCUT2D eigenvalue weighted by Crippen LogP contribution is 2.48. The third kappa shape index (κ3) is 2.03. The molecule has 32 heavy (non-hydrogen) atoms. The largest absolute Gasteiger partial charge is 0.203 e. The molecular weight excluding hydrogens is 468 g/mol.